The summed E-state index contributed by atoms with van der Waals surface area (Å²) in [7, 11) is 0. The number of phenolic OH excluding ortho intramolecular Hbond substituents is 1. The number of aryl methyl sites for hydroxylation is 1. The van der Waals surface area contributed by atoms with Crippen LogP contribution in [0.3, 0.4) is 0 Å². The van der Waals surface area contributed by atoms with Crippen LogP contribution in [0.1, 0.15) is 27.0 Å². The maximum absolute atomic E-state index is 12.1. The van der Waals surface area contributed by atoms with Crippen molar-refractivity contribution < 1.29 is 9.90 Å². The van der Waals surface area contributed by atoms with Gasteiger partial charge in [-0.05, 0) is 44.2 Å². The zero-order chi connectivity index (χ0) is 14.7. The summed E-state index contributed by atoms with van der Waals surface area (Å²) < 4.78 is 0. The maximum atomic E-state index is 12.1. The third-order valence-electron chi connectivity index (χ3n) is 2.97. The largest absolute Gasteiger partial charge is 0.506 e. The predicted molar refractivity (Wildman–Crippen MR) is 82.2 cm³/mol. The molecule has 0 saturated heterocycles. The molecule has 0 fully saturated rings. The molecule has 1 aromatic carbocycles. The van der Waals surface area contributed by atoms with E-state index < -0.39 is 0 Å². The second-order valence-electron chi connectivity index (χ2n) is 4.86. The summed E-state index contributed by atoms with van der Waals surface area (Å²) in [6, 6.07) is 8.70. The molecule has 0 spiro atoms. The second kappa shape index (κ2) is 5.96. The molecule has 1 unspecified atom stereocenters. The van der Waals surface area contributed by atoms with Gasteiger partial charge in [-0.15, -0.1) is 11.3 Å². The summed E-state index contributed by atoms with van der Waals surface area (Å²) >= 11 is 1.74. The molecular weight excluding hydrogens is 272 g/mol. The van der Waals surface area contributed by atoms with Crippen LogP contribution in [-0.4, -0.2) is 17.1 Å². The Hall–Kier alpha value is -2.01. The topological polar surface area (TPSA) is 75.4 Å². The number of aromatic hydroxyl groups is 1. The first-order valence-electron chi connectivity index (χ1n) is 6.40. The summed E-state index contributed by atoms with van der Waals surface area (Å²) in [5, 5.41) is 12.4. The molecule has 106 valence electrons. The van der Waals surface area contributed by atoms with Crippen LogP contribution in [0.5, 0.6) is 5.75 Å². The minimum Gasteiger partial charge on any atom is -0.506 e. The molecule has 5 heteroatoms. The first kappa shape index (κ1) is 14.4. The Morgan fingerprint density at radius 1 is 1.40 bits per heavy atom. The van der Waals surface area contributed by atoms with E-state index in [1.807, 2.05) is 6.92 Å². The molecule has 1 amide bonds. The number of hydrogen-bond donors (Lipinski definition) is 3. The average molecular weight is 290 g/mol. The van der Waals surface area contributed by atoms with Crippen LogP contribution in [0.15, 0.2) is 30.3 Å². The van der Waals surface area contributed by atoms with Crippen LogP contribution in [-0.2, 0) is 6.42 Å². The average Bonchev–Trinajstić information content (AvgIpc) is 2.77. The zero-order valence-corrected chi connectivity index (χ0v) is 12.3. The van der Waals surface area contributed by atoms with Gasteiger partial charge < -0.3 is 16.2 Å². The van der Waals surface area contributed by atoms with Gasteiger partial charge in [0.2, 0.25) is 0 Å². The quantitative estimate of drug-likeness (QED) is 0.598. The van der Waals surface area contributed by atoms with Gasteiger partial charge in [-0.1, -0.05) is 0 Å². The number of amides is 1. The van der Waals surface area contributed by atoms with E-state index in [0.717, 1.165) is 6.42 Å². The van der Waals surface area contributed by atoms with Gasteiger partial charge in [-0.2, -0.15) is 0 Å². The van der Waals surface area contributed by atoms with Crippen LogP contribution in [0, 0.1) is 6.92 Å². The summed E-state index contributed by atoms with van der Waals surface area (Å²) in [5.41, 5.74) is 6.19. The molecule has 2 rings (SSSR count). The number of benzene rings is 1. The van der Waals surface area contributed by atoms with Crippen molar-refractivity contribution >= 4 is 22.9 Å². The molecule has 1 aromatic heterocycles. The number of phenols is 1. The predicted octanol–water partition coefficient (Wildman–Crippen LogP) is 2.71. The Morgan fingerprint density at radius 3 is 2.75 bits per heavy atom. The molecule has 20 heavy (non-hydrogen) atoms. The Bertz CT molecular complexity index is 622. The third-order valence-corrected chi connectivity index (χ3v) is 4.00. The number of rotatable bonds is 4. The first-order valence-corrected chi connectivity index (χ1v) is 7.22. The van der Waals surface area contributed by atoms with Gasteiger partial charge >= 0.3 is 0 Å². The first-order chi connectivity index (χ1) is 9.45. The fourth-order valence-corrected chi connectivity index (χ4v) is 2.96. The van der Waals surface area contributed by atoms with Crippen LogP contribution in [0.4, 0.5) is 5.69 Å². The Morgan fingerprint density at radius 2 is 2.15 bits per heavy atom. The van der Waals surface area contributed by atoms with Gasteiger partial charge in [0.15, 0.2) is 0 Å². The minimum atomic E-state index is -0.207. The molecule has 0 aliphatic heterocycles. The second-order valence-corrected chi connectivity index (χ2v) is 6.24. The molecule has 1 heterocycles. The van der Waals surface area contributed by atoms with Gasteiger partial charge in [-0.25, -0.2) is 0 Å². The fraction of sp³-hybridized carbons (Fsp3) is 0.267. The van der Waals surface area contributed by atoms with E-state index in [2.05, 4.69) is 24.4 Å². The summed E-state index contributed by atoms with van der Waals surface area (Å²) in [5.74, 6) is -0.278. The standard InChI is InChI=1S/C15H18N2O2S/c1-9(7-12-5-3-10(2)20-12)17-15(19)11-4-6-13(16)14(18)8-11/h3-6,8-9,18H,7,16H2,1-2H3,(H,17,19). The number of hydrogen-bond acceptors (Lipinski definition) is 4. The van der Waals surface area contributed by atoms with Crippen molar-refractivity contribution in [2.75, 3.05) is 5.73 Å². The number of anilines is 1. The summed E-state index contributed by atoms with van der Waals surface area (Å²) in [4.78, 5) is 14.6. The van der Waals surface area contributed by atoms with Crippen molar-refractivity contribution in [3.63, 3.8) is 0 Å². The van der Waals surface area contributed by atoms with Gasteiger partial charge in [-0.3, -0.25) is 4.79 Å². The highest BCUT2D eigenvalue weighted by molar-refractivity contribution is 7.11. The Labute approximate surface area is 122 Å². The number of nitrogens with two attached hydrogens (primary N) is 1. The van der Waals surface area contributed by atoms with E-state index in [9.17, 15) is 9.90 Å². The normalized spacial score (nSPS) is 12.1. The van der Waals surface area contributed by atoms with Crippen molar-refractivity contribution in [2.45, 2.75) is 26.3 Å². The third kappa shape index (κ3) is 3.51. The molecule has 0 aliphatic carbocycles. The highest BCUT2D eigenvalue weighted by atomic mass is 32.1. The lowest BCUT2D eigenvalue weighted by atomic mass is 10.1. The monoisotopic (exact) mass is 290 g/mol. The van der Waals surface area contributed by atoms with Crippen LogP contribution in [0.2, 0.25) is 0 Å². The highest BCUT2D eigenvalue weighted by Crippen LogP contribution is 2.21. The van der Waals surface area contributed by atoms with Crippen LogP contribution >= 0.6 is 11.3 Å². The van der Waals surface area contributed by atoms with E-state index in [-0.39, 0.29) is 23.4 Å². The van der Waals surface area contributed by atoms with Gasteiger partial charge in [0.1, 0.15) is 5.75 Å². The van der Waals surface area contributed by atoms with Crippen molar-refractivity contribution in [2.24, 2.45) is 0 Å². The van der Waals surface area contributed by atoms with E-state index in [0.29, 0.717) is 5.56 Å². The number of carbonyl (C=O) groups is 1. The number of thiophene rings is 1. The van der Waals surface area contributed by atoms with Crippen LogP contribution in [0.25, 0.3) is 0 Å². The Balaban J connectivity index is 1.98. The zero-order valence-electron chi connectivity index (χ0n) is 11.5. The van der Waals surface area contributed by atoms with Crippen molar-refractivity contribution in [1.29, 1.82) is 0 Å². The lowest BCUT2D eigenvalue weighted by molar-refractivity contribution is 0.0940. The molecule has 4 N–H and O–H groups in total. The van der Waals surface area contributed by atoms with Crippen LogP contribution < -0.4 is 11.1 Å². The van der Waals surface area contributed by atoms with Crippen molar-refractivity contribution in [3.8, 4) is 5.75 Å². The van der Waals surface area contributed by atoms with E-state index in [1.54, 1.807) is 17.4 Å². The molecule has 0 bridgehead atoms. The SMILES string of the molecule is Cc1ccc(CC(C)NC(=O)c2ccc(N)c(O)c2)s1. The van der Waals surface area contributed by atoms with Crippen molar-refractivity contribution in [3.05, 3.63) is 45.6 Å². The van der Waals surface area contributed by atoms with E-state index in [1.165, 1.54) is 21.9 Å². The number of nitrogen functional groups attached to an aromatic ring is 1. The molecule has 0 radical (unpaired) electrons. The lowest BCUT2D eigenvalue weighted by Gasteiger charge is -2.13. The summed E-state index contributed by atoms with van der Waals surface area (Å²) in [6.07, 6.45) is 0.797. The van der Waals surface area contributed by atoms with Crippen molar-refractivity contribution in [1.82, 2.24) is 5.32 Å². The van der Waals surface area contributed by atoms with Gasteiger partial charge in [0.05, 0.1) is 5.69 Å². The minimum absolute atomic E-state index is 0.0280. The molecule has 4 nitrogen and oxygen atoms in total. The smallest absolute Gasteiger partial charge is 0.251 e. The van der Waals surface area contributed by atoms with Gasteiger partial charge in [0.25, 0.3) is 5.91 Å². The lowest BCUT2D eigenvalue weighted by Crippen LogP contribution is -2.33. The number of carbonyl (C=O) groups excluding carboxylic acids is 1. The number of nitrogens with one attached hydrogen (secondary N) is 1. The maximum Gasteiger partial charge on any atom is 0.251 e. The molecule has 2 aromatic rings. The van der Waals surface area contributed by atoms with E-state index >= 15 is 0 Å². The molecule has 0 saturated carbocycles. The fourth-order valence-electron chi connectivity index (χ4n) is 1.94. The molecule has 0 aliphatic rings. The molecule has 1 atom stereocenters. The van der Waals surface area contributed by atoms with E-state index in [4.69, 9.17) is 5.73 Å². The highest BCUT2D eigenvalue weighted by Gasteiger charge is 2.12. The summed E-state index contributed by atoms with van der Waals surface area (Å²) in [6.45, 7) is 4.03. The van der Waals surface area contributed by atoms with Gasteiger partial charge in [0, 0.05) is 27.8 Å². The Kier molecular flexibility index (Phi) is 4.29. The molecular formula is C15H18N2O2S.